The van der Waals surface area contributed by atoms with Crippen LogP contribution in [0.3, 0.4) is 0 Å². The third kappa shape index (κ3) is 49.9. The van der Waals surface area contributed by atoms with Gasteiger partial charge in [0.1, 0.15) is 0 Å². The van der Waals surface area contributed by atoms with E-state index in [9.17, 15) is 9.13 Å². The van der Waals surface area contributed by atoms with Crippen LogP contribution in [-0.4, -0.2) is 219 Å². The Kier molecular flexibility index (Phi) is 73.4. The summed E-state index contributed by atoms with van der Waals surface area (Å²) >= 11 is 0. The van der Waals surface area contributed by atoms with E-state index < -0.39 is 15.6 Å². The molecule has 0 heterocycles. The van der Waals surface area contributed by atoms with Gasteiger partial charge in [0.15, 0.2) is 0 Å². The Bertz CT molecular complexity index is 162. The van der Waals surface area contributed by atoms with Crippen molar-refractivity contribution in [3.05, 3.63) is 0 Å². The third-order valence-corrected chi connectivity index (χ3v) is 1.91. The van der Waals surface area contributed by atoms with Crippen LogP contribution in [0.4, 0.5) is 0 Å². The van der Waals surface area contributed by atoms with Gasteiger partial charge in [-0.25, -0.2) is 9.13 Å². The summed E-state index contributed by atoms with van der Waals surface area (Å²) in [5.41, 5.74) is 0. The van der Waals surface area contributed by atoms with Gasteiger partial charge < -0.3 is 30.5 Å². The van der Waals surface area contributed by atoms with Crippen molar-refractivity contribution in [2.45, 2.75) is 0 Å². The summed E-state index contributed by atoms with van der Waals surface area (Å²) in [5.74, 6) is 0. The van der Waals surface area contributed by atoms with Gasteiger partial charge in [-0.2, -0.15) is 4.31 Å². The summed E-state index contributed by atoms with van der Waals surface area (Å²) in [7, 11) is -10.1. The van der Waals surface area contributed by atoms with Crippen LogP contribution in [0, 0.1) is 0 Å². The molecule has 16 heteroatoms. The molecule has 0 amide bonds. The Morgan fingerprint density at radius 3 is 0.750 bits per heavy atom. The minimum atomic E-state index is -5.05. The number of phosphoric acid groups is 2. The van der Waals surface area contributed by atoms with Crippen LogP contribution in [0.1, 0.15) is 0 Å². The molecule has 0 atom stereocenters. The summed E-state index contributed by atoms with van der Waals surface area (Å²) < 4.78 is 22.2. The maximum absolute atomic E-state index is 9.63. The number of hydrogen-bond donors (Lipinski definition) is 4. The van der Waals surface area contributed by atoms with E-state index in [4.69, 9.17) is 19.6 Å². The van der Waals surface area contributed by atoms with Crippen molar-refractivity contribution < 1.29 is 44.0 Å². The molecule has 16 heavy (non-hydrogen) atoms. The molecule has 9 nitrogen and oxygen atoms in total. The molecular formula is H18Ca5O9P2. The van der Waals surface area contributed by atoms with Crippen LogP contribution in [-0.2, 0) is 13.4 Å². The van der Waals surface area contributed by atoms with Crippen LogP contribution in [0.15, 0.2) is 0 Å². The zero-order valence-corrected chi connectivity index (χ0v) is 6.70. The molecule has 0 spiro atoms. The molecule has 0 aromatic heterocycles. The predicted octanol–water partition coefficient (Wildman–Crippen LogP) is -7.04. The van der Waals surface area contributed by atoms with Crippen LogP contribution in [0.2, 0.25) is 0 Å². The van der Waals surface area contributed by atoms with Crippen molar-refractivity contribution in [2.75, 3.05) is 0 Å². The summed E-state index contributed by atoms with van der Waals surface area (Å²) in [6.45, 7) is 0. The fraction of sp³-hybridized carbons (Fsp3) is 0. The zero-order valence-electron chi connectivity index (χ0n) is 4.91. The van der Waals surface area contributed by atoms with E-state index in [1.807, 2.05) is 0 Å². The van der Waals surface area contributed by atoms with Gasteiger partial charge in [-0.05, 0) is 0 Å². The van der Waals surface area contributed by atoms with E-state index >= 15 is 0 Å². The first-order valence-corrected chi connectivity index (χ1v) is 4.59. The fourth-order valence-electron chi connectivity index (χ4n) is 0.139. The van der Waals surface area contributed by atoms with Gasteiger partial charge in [0.2, 0.25) is 0 Å². The van der Waals surface area contributed by atoms with Gasteiger partial charge in [0.05, 0.1) is 0 Å². The second-order valence-electron chi connectivity index (χ2n) is 1.06. The van der Waals surface area contributed by atoms with Crippen molar-refractivity contribution in [1.29, 1.82) is 0 Å². The van der Waals surface area contributed by atoms with Crippen molar-refractivity contribution in [3.8, 4) is 0 Å². The molecule has 8 N–H and O–H groups in total. The Morgan fingerprint density at radius 1 is 0.625 bits per heavy atom. The van der Waals surface area contributed by atoms with E-state index in [0.29, 0.717) is 0 Å². The van der Waals surface area contributed by atoms with E-state index in [2.05, 4.69) is 4.31 Å². The van der Waals surface area contributed by atoms with Crippen molar-refractivity contribution in [3.63, 3.8) is 0 Å². The average molecular weight is 424 g/mol. The molecule has 0 saturated heterocycles. The molecule has 0 unspecified atom stereocenters. The Hall–Kier alpha value is 6.48. The van der Waals surface area contributed by atoms with Crippen molar-refractivity contribution in [2.24, 2.45) is 0 Å². The Labute approximate surface area is 241 Å². The molecule has 0 rings (SSSR count). The molecule has 0 fully saturated rings. The van der Waals surface area contributed by atoms with Gasteiger partial charge in [-0.3, -0.25) is 0 Å². The first kappa shape index (κ1) is 49.5. The predicted molar refractivity (Wildman–Crippen MR) is 75.1 cm³/mol. The van der Waals surface area contributed by atoms with Crippen LogP contribution in [0.25, 0.3) is 0 Å². The van der Waals surface area contributed by atoms with Gasteiger partial charge in [-0.15, -0.1) is 0 Å². The summed E-state index contributed by atoms with van der Waals surface area (Å²) in [4.78, 5) is 31.0. The molecule has 0 aromatic carbocycles. The second kappa shape index (κ2) is 23.7. The SMILES string of the molecule is O.O.O=P(O)(O)OP(=O)(O)O.[CaH2].[CaH2].[CaH2].[CaH2].[CaH2]. The molecule has 0 aliphatic carbocycles. The molecule has 92 valence electrons. The first-order valence-electron chi connectivity index (χ1n) is 1.53. The molecule has 0 bridgehead atoms. The summed E-state index contributed by atoms with van der Waals surface area (Å²) in [6.07, 6.45) is 0. The van der Waals surface area contributed by atoms with E-state index in [1.165, 1.54) is 0 Å². The number of hydrogen-bond acceptors (Lipinski definition) is 3. The topological polar surface area (TPSA) is 187 Å². The maximum atomic E-state index is 9.63. The normalized spacial score (nSPS) is 7.75. The monoisotopic (exact) mass is 424 g/mol. The quantitative estimate of drug-likeness (QED) is 0.250. The summed E-state index contributed by atoms with van der Waals surface area (Å²) in [6, 6.07) is 0. The zero-order chi connectivity index (χ0) is 7.71. The Morgan fingerprint density at radius 2 is 0.750 bits per heavy atom. The summed E-state index contributed by atoms with van der Waals surface area (Å²) in [5, 5.41) is 0. The van der Waals surface area contributed by atoms with Crippen LogP contribution >= 0.6 is 15.6 Å². The molecule has 0 aromatic rings. The van der Waals surface area contributed by atoms with Gasteiger partial charge in [0.25, 0.3) is 0 Å². The molecular weight excluding hydrogens is 406 g/mol. The molecule has 0 aliphatic heterocycles. The molecule has 0 radical (unpaired) electrons. The van der Waals surface area contributed by atoms with E-state index in [0.717, 1.165) is 0 Å². The van der Waals surface area contributed by atoms with E-state index in [1.54, 1.807) is 0 Å². The van der Waals surface area contributed by atoms with E-state index in [-0.39, 0.29) is 200 Å². The van der Waals surface area contributed by atoms with Gasteiger partial charge in [-0.1, -0.05) is 0 Å². The van der Waals surface area contributed by atoms with Crippen LogP contribution < -0.4 is 0 Å². The first-order chi connectivity index (χ1) is 3.71. The molecule has 0 saturated carbocycles. The average Bonchev–Trinajstić information content (AvgIpc) is 1.14. The second-order valence-corrected chi connectivity index (χ2v) is 3.68. The van der Waals surface area contributed by atoms with Crippen molar-refractivity contribution >= 4 is 204 Å². The number of rotatable bonds is 2. The van der Waals surface area contributed by atoms with Crippen LogP contribution in [0.5, 0.6) is 0 Å². The van der Waals surface area contributed by atoms with Gasteiger partial charge in [0, 0.05) is 0 Å². The third-order valence-electron chi connectivity index (χ3n) is 0.213. The van der Waals surface area contributed by atoms with Crippen molar-refractivity contribution in [1.82, 2.24) is 0 Å². The standard InChI is InChI=1S/5Ca.H4O7P2.2H2O.10H/c;;;;;1-8(2,3)7-9(4,5)6;;;;;;;;;;;;/h;;;;;(H2,1,2,3)(H2,4,5,6);2*1H2;;;;;;;;;;. The Balaban J connectivity index is -0.0000000152. The minimum absolute atomic E-state index is 0. The fourth-order valence-corrected chi connectivity index (χ4v) is 1.25. The van der Waals surface area contributed by atoms with Gasteiger partial charge >= 0.3 is 204 Å². The molecule has 0 aliphatic rings.